The van der Waals surface area contributed by atoms with Gasteiger partial charge in [-0.1, -0.05) is 13.8 Å². The molecule has 1 amide bonds. The highest BCUT2D eigenvalue weighted by Crippen LogP contribution is 2.30. The lowest BCUT2D eigenvalue weighted by molar-refractivity contribution is -0.135. The number of likely N-dealkylation sites (tertiary alicyclic amines) is 1. The number of hydrogen-bond donors (Lipinski definition) is 1. The minimum atomic E-state index is 0.102. The average Bonchev–Trinajstić information content (AvgIpc) is 2.34. The summed E-state index contributed by atoms with van der Waals surface area (Å²) in [6, 6.07) is 0.102. The molecule has 0 aromatic carbocycles. The molecule has 1 atom stereocenters. The van der Waals surface area contributed by atoms with Crippen molar-refractivity contribution in [3.63, 3.8) is 0 Å². The van der Waals surface area contributed by atoms with Crippen LogP contribution in [0.1, 0.15) is 39.5 Å². The summed E-state index contributed by atoms with van der Waals surface area (Å²) < 4.78 is 5.33. The normalized spacial score (nSPS) is 29.3. The van der Waals surface area contributed by atoms with E-state index >= 15 is 0 Å². The van der Waals surface area contributed by atoms with Gasteiger partial charge in [-0.2, -0.15) is 0 Å². The number of nitrogens with zero attached hydrogens (tertiary/aromatic N) is 1. The second kappa shape index (κ2) is 5.57. The molecule has 0 spiro atoms. The van der Waals surface area contributed by atoms with Crippen LogP contribution >= 0.6 is 0 Å². The molecule has 18 heavy (non-hydrogen) atoms. The molecule has 4 nitrogen and oxygen atoms in total. The van der Waals surface area contributed by atoms with Crippen LogP contribution in [0.5, 0.6) is 0 Å². The number of piperidine rings is 1. The predicted molar refractivity (Wildman–Crippen MR) is 71.1 cm³/mol. The third-order valence-corrected chi connectivity index (χ3v) is 4.60. The molecule has 2 N–H and O–H groups in total. The van der Waals surface area contributed by atoms with Gasteiger partial charge in [0.15, 0.2) is 0 Å². The SMILES string of the molecule is CC1(C)CCN(C(=O)CC2CCOCC2)CC1N. The first-order valence-electron chi connectivity index (χ1n) is 7.10. The largest absolute Gasteiger partial charge is 0.381 e. The van der Waals surface area contributed by atoms with E-state index in [0.29, 0.717) is 12.3 Å². The zero-order valence-corrected chi connectivity index (χ0v) is 11.7. The van der Waals surface area contributed by atoms with E-state index in [9.17, 15) is 4.79 Å². The van der Waals surface area contributed by atoms with Gasteiger partial charge in [0.25, 0.3) is 0 Å². The number of ether oxygens (including phenoxy) is 1. The maximum absolute atomic E-state index is 12.3. The first-order valence-corrected chi connectivity index (χ1v) is 7.10. The molecular weight excluding hydrogens is 228 g/mol. The summed E-state index contributed by atoms with van der Waals surface area (Å²) in [4.78, 5) is 14.2. The van der Waals surface area contributed by atoms with E-state index in [-0.39, 0.29) is 17.4 Å². The van der Waals surface area contributed by atoms with Crippen LogP contribution in [0, 0.1) is 11.3 Å². The fourth-order valence-electron chi connectivity index (χ4n) is 2.74. The Kier molecular flexibility index (Phi) is 4.28. The summed E-state index contributed by atoms with van der Waals surface area (Å²) >= 11 is 0. The molecule has 2 saturated heterocycles. The molecule has 0 radical (unpaired) electrons. The van der Waals surface area contributed by atoms with Gasteiger partial charge in [0.05, 0.1) is 0 Å². The lowest BCUT2D eigenvalue weighted by Crippen LogP contribution is -2.54. The van der Waals surface area contributed by atoms with Crippen LogP contribution in [-0.4, -0.2) is 43.2 Å². The van der Waals surface area contributed by atoms with E-state index < -0.39 is 0 Å². The molecule has 4 heteroatoms. The molecule has 2 aliphatic rings. The number of rotatable bonds is 2. The zero-order valence-electron chi connectivity index (χ0n) is 11.7. The van der Waals surface area contributed by atoms with Crippen LogP contribution < -0.4 is 5.73 Å². The summed E-state index contributed by atoms with van der Waals surface area (Å²) in [6.07, 6.45) is 3.73. The zero-order chi connectivity index (χ0) is 13.2. The Balaban J connectivity index is 1.82. The van der Waals surface area contributed by atoms with Gasteiger partial charge in [0, 0.05) is 38.8 Å². The lowest BCUT2D eigenvalue weighted by Gasteiger charge is -2.42. The Labute approximate surface area is 110 Å². The topological polar surface area (TPSA) is 55.6 Å². The van der Waals surface area contributed by atoms with Crippen LogP contribution in [-0.2, 0) is 9.53 Å². The first-order chi connectivity index (χ1) is 8.49. The highest BCUT2D eigenvalue weighted by atomic mass is 16.5. The summed E-state index contributed by atoms with van der Waals surface area (Å²) in [7, 11) is 0. The highest BCUT2D eigenvalue weighted by molar-refractivity contribution is 5.76. The summed E-state index contributed by atoms with van der Waals surface area (Å²) in [5.74, 6) is 0.797. The lowest BCUT2D eigenvalue weighted by atomic mass is 9.78. The van der Waals surface area contributed by atoms with E-state index in [4.69, 9.17) is 10.5 Å². The van der Waals surface area contributed by atoms with Gasteiger partial charge in [0.1, 0.15) is 0 Å². The summed E-state index contributed by atoms with van der Waals surface area (Å²) in [5, 5.41) is 0. The molecule has 1 unspecified atom stereocenters. The molecule has 2 fully saturated rings. The number of carbonyl (C=O) groups excluding carboxylic acids is 1. The van der Waals surface area contributed by atoms with E-state index in [1.54, 1.807) is 0 Å². The fraction of sp³-hybridized carbons (Fsp3) is 0.929. The second-order valence-electron chi connectivity index (χ2n) is 6.44. The van der Waals surface area contributed by atoms with Gasteiger partial charge in [-0.15, -0.1) is 0 Å². The smallest absolute Gasteiger partial charge is 0.222 e. The summed E-state index contributed by atoms with van der Waals surface area (Å²) in [5.41, 5.74) is 6.32. The minimum Gasteiger partial charge on any atom is -0.381 e. The van der Waals surface area contributed by atoms with Gasteiger partial charge in [-0.25, -0.2) is 0 Å². The van der Waals surface area contributed by atoms with Crippen molar-refractivity contribution in [1.29, 1.82) is 0 Å². The standard InChI is InChI=1S/C14H26N2O2/c1-14(2)5-6-16(10-12(14)15)13(17)9-11-3-7-18-8-4-11/h11-12H,3-10,15H2,1-2H3. The van der Waals surface area contributed by atoms with Crippen molar-refractivity contribution in [1.82, 2.24) is 4.90 Å². The van der Waals surface area contributed by atoms with E-state index in [1.165, 1.54) is 0 Å². The monoisotopic (exact) mass is 254 g/mol. The molecular formula is C14H26N2O2. The third kappa shape index (κ3) is 3.23. The third-order valence-electron chi connectivity index (χ3n) is 4.60. The number of nitrogens with two attached hydrogens (primary N) is 1. The number of hydrogen-bond acceptors (Lipinski definition) is 3. The quantitative estimate of drug-likeness (QED) is 0.810. The minimum absolute atomic E-state index is 0.102. The van der Waals surface area contributed by atoms with Gasteiger partial charge in [-0.05, 0) is 30.6 Å². The van der Waals surface area contributed by atoms with Crippen molar-refractivity contribution in [2.75, 3.05) is 26.3 Å². The van der Waals surface area contributed by atoms with E-state index in [1.807, 2.05) is 4.90 Å². The van der Waals surface area contributed by atoms with Crippen LogP contribution in [0.2, 0.25) is 0 Å². The van der Waals surface area contributed by atoms with Gasteiger partial charge in [-0.3, -0.25) is 4.79 Å². The van der Waals surface area contributed by atoms with Crippen LogP contribution in [0.3, 0.4) is 0 Å². The highest BCUT2D eigenvalue weighted by Gasteiger charge is 2.35. The molecule has 0 saturated carbocycles. The van der Waals surface area contributed by atoms with Crippen LogP contribution in [0.4, 0.5) is 0 Å². The number of carbonyl (C=O) groups is 1. The molecule has 0 bridgehead atoms. The van der Waals surface area contributed by atoms with Crippen molar-refractivity contribution in [2.24, 2.45) is 17.1 Å². The van der Waals surface area contributed by atoms with Crippen molar-refractivity contribution < 1.29 is 9.53 Å². The molecule has 104 valence electrons. The molecule has 0 aromatic rings. The van der Waals surface area contributed by atoms with Gasteiger partial charge >= 0.3 is 0 Å². The van der Waals surface area contributed by atoms with Gasteiger partial charge in [0.2, 0.25) is 5.91 Å². The maximum Gasteiger partial charge on any atom is 0.222 e. The Hall–Kier alpha value is -0.610. The van der Waals surface area contributed by atoms with Crippen LogP contribution in [0.15, 0.2) is 0 Å². The van der Waals surface area contributed by atoms with E-state index in [2.05, 4.69) is 13.8 Å². The number of amides is 1. The molecule has 2 aliphatic heterocycles. The predicted octanol–water partition coefficient (Wildman–Crippen LogP) is 1.39. The van der Waals surface area contributed by atoms with E-state index in [0.717, 1.165) is 45.6 Å². The van der Waals surface area contributed by atoms with Crippen molar-refractivity contribution in [3.05, 3.63) is 0 Å². The average molecular weight is 254 g/mol. The maximum atomic E-state index is 12.3. The molecule has 0 aromatic heterocycles. The Bertz CT molecular complexity index is 298. The molecule has 0 aliphatic carbocycles. The van der Waals surface area contributed by atoms with Gasteiger partial charge < -0.3 is 15.4 Å². The Morgan fingerprint density at radius 1 is 1.39 bits per heavy atom. The van der Waals surface area contributed by atoms with Crippen molar-refractivity contribution in [3.8, 4) is 0 Å². The van der Waals surface area contributed by atoms with Crippen LogP contribution in [0.25, 0.3) is 0 Å². The fourth-order valence-corrected chi connectivity index (χ4v) is 2.74. The Morgan fingerprint density at radius 3 is 2.67 bits per heavy atom. The second-order valence-corrected chi connectivity index (χ2v) is 6.44. The Morgan fingerprint density at radius 2 is 2.06 bits per heavy atom. The molecule has 2 rings (SSSR count). The summed E-state index contributed by atoms with van der Waals surface area (Å²) in [6.45, 7) is 7.59. The molecule has 2 heterocycles. The van der Waals surface area contributed by atoms with Crippen molar-refractivity contribution >= 4 is 5.91 Å². The first kappa shape index (κ1) is 13.8. The van der Waals surface area contributed by atoms with Crippen molar-refractivity contribution in [2.45, 2.75) is 45.6 Å².